The average Bonchev–Trinajstić information content (AvgIpc) is 2.40. The summed E-state index contributed by atoms with van der Waals surface area (Å²) in [6.07, 6.45) is 2.97. The standard InChI is InChI=1S/C7H5NO3/c9-7(10)5-1-4-2-11-3-6(4)8-5/h1-3,8H,(H,9,10). The predicted octanol–water partition coefficient (Wildman–Crippen LogP) is 1.46. The molecule has 11 heavy (non-hydrogen) atoms. The number of aromatic nitrogens is 1. The van der Waals surface area contributed by atoms with Gasteiger partial charge in [0.25, 0.3) is 0 Å². The van der Waals surface area contributed by atoms with Crippen molar-refractivity contribution in [3.8, 4) is 0 Å². The highest BCUT2D eigenvalue weighted by atomic mass is 16.4. The van der Waals surface area contributed by atoms with Gasteiger partial charge in [0.1, 0.15) is 12.0 Å². The monoisotopic (exact) mass is 151 g/mol. The van der Waals surface area contributed by atoms with Gasteiger partial charge in [-0.25, -0.2) is 4.79 Å². The smallest absolute Gasteiger partial charge is 0.352 e. The quantitative estimate of drug-likeness (QED) is 0.648. The summed E-state index contributed by atoms with van der Waals surface area (Å²) < 4.78 is 4.82. The third kappa shape index (κ3) is 0.797. The second-order valence-corrected chi connectivity index (χ2v) is 2.23. The number of furan rings is 1. The summed E-state index contributed by atoms with van der Waals surface area (Å²) in [7, 11) is 0. The SMILES string of the molecule is O=C(O)c1cc2cocc2[nH]1. The van der Waals surface area contributed by atoms with Crippen molar-refractivity contribution < 1.29 is 14.3 Å². The minimum absolute atomic E-state index is 0.186. The molecule has 56 valence electrons. The van der Waals surface area contributed by atoms with E-state index in [0.29, 0.717) is 5.52 Å². The van der Waals surface area contributed by atoms with Gasteiger partial charge < -0.3 is 14.5 Å². The molecular formula is C7H5NO3. The Morgan fingerprint density at radius 3 is 3.00 bits per heavy atom. The van der Waals surface area contributed by atoms with Gasteiger partial charge in [0.15, 0.2) is 0 Å². The molecule has 0 amide bonds. The van der Waals surface area contributed by atoms with Crippen LogP contribution in [-0.4, -0.2) is 16.1 Å². The average molecular weight is 151 g/mol. The van der Waals surface area contributed by atoms with Crippen molar-refractivity contribution >= 4 is 16.9 Å². The zero-order chi connectivity index (χ0) is 7.84. The summed E-state index contributed by atoms with van der Waals surface area (Å²) >= 11 is 0. The Morgan fingerprint density at radius 1 is 1.55 bits per heavy atom. The Bertz CT molecular complexity index is 370. The highest BCUT2D eigenvalue weighted by Crippen LogP contribution is 2.15. The minimum Gasteiger partial charge on any atom is -0.477 e. The summed E-state index contributed by atoms with van der Waals surface area (Å²) in [4.78, 5) is 13.1. The number of hydrogen-bond donors (Lipinski definition) is 2. The number of fused-ring (bicyclic) bond motifs is 1. The van der Waals surface area contributed by atoms with E-state index in [1.807, 2.05) is 0 Å². The molecule has 0 atom stereocenters. The van der Waals surface area contributed by atoms with Gasteiger partial charge in [-0.05, 0) is 6.07 Å². The molecule has 2 aromatic rings. The summed E-state index contributed by atoms with van der Waals surface area (Å²) in [5.41, 5.74) is 0.896. The van der Waals surface area contributed by atoms with E-state index in [9.17, 15) is 4.79 Å². The van der Waals surface area contributed by atoms with Gasteiger partial charge in [0.2, 0.25) is 0 Å². The Balaban J connectivity index is 2.67. The lowest BCUT2D eigenvalue weighted by molar-refractivity contribution is 0.0691. The van der Waals surface area contributed by atoms with Crippen molar-refractivity contribution in [3.63, 3.8) is 0 Å². The van der Waals surface area contributed by atoms with Gasteiger partial charge in [-0.15, -0.1) is 0 Å². The van der Waals surface area contributed by atoms with Gasteiger partial charge in [-0.1, -0.05) is 0 Å². The highest BCUT2D eigenvalue weighted by Gasteiger charge is 2.07. The van der Waals surface area contributed by atoms with Crippen LogP contribution in [0.3, 0.4) is 0 Å². The van der Waals surface area contributed by atoms with Gasteiger partial charge in [0, 0.05) is 5.39 Å². The first-order valence-electron chi connectivity index (χ1n) is 3.05. The molecule has 0 unspecified atom stereocenters. The Labute approximate surface area is 61.4 Å². The first kappa shape index (κ1) is 6.03. The van der Waals surface area contributed by atoms with Crippen LogP contribution in [0.4, 0.5) is 0 Å². The summed E-state index contributed by atoms with van der Waals surface area (Å²) in [6, 6.07) is 1.53. The largest absolute Gasteiger partial charge is 0.477 e. The highest BCUT2D eigenvalue weighted by molar-refractivity contribution is 5.93. The maximum Gasteiger partial charge on any atom is 0.352 e. The molecule has 0 radical (unpaired) electrons. The number of carboxylic acid groups (broad SMARTS) is 1. The molecule has 2 N–H and O–H groups in total. The van der Waals surface area contributed by atoms with Crippen LogP contribution in [0.25, 0.3) is 10.9 Å². The molecule has 0 aliphatic heterocycles. The lowest BCUT2D eigenvalue weighted by Crippen LogP contribution is -1.94. The first-order chi connectivity index (χ1) is 5.27. The molecule has 2 aromatic heterocycles. The maximum atomic E-state index is 10.4. The van der Waals surface area contributed by atoms with Crippen molar-refractivity contribution in [3.05, 3.63) is 24.3 Å². The van der Waals surface area contributed by atoms with Crippen molar-refractivity contribution in [1.29, 1.82) is 0 Å². The van der Waals surface area contributed by atoms with E-state index in [2.05, 4.69) is 4.98 Å². The summed E-state index contributed by atoms with van der Waals surface area (Å²) in [5, 5.41) is 9.32. The topological polar surface area (TPSA) is 66.2 Å². The van der Waals surface area contributed by atoms with Crippen molar-refractivity contribution in [2.75, 3.05) is 0 Å². The summed E-state index contributed by atoms with van der Waals surface area (Å²) in [5.74, 6) is -0.957. The third-order valence-electron chi connectivity index (χ3n) is 1.49. The maximum absolute atomic E-state index is 10.4. The Kier molecular flexibility index (Phi) is 1.03. The van der Waals surface area contributed by atoms with E-state index in [0.717, 1.165) is 5.39 Å². The van der Waals surface area contributed by atoms with Crippen molar-refractivity contribution in [2.45, 2.75) is 0 Å². The normalized spacial score (nSPS) is 10.5. The molecule has 0 aliphatic rings. The van der Waals surface area contributed by atoms with Gasteiger partial charge in [-0.2, -0.15) is 0 Å². The number of rotatable bonds is 1. The summed E-state index contributed by atoms with van der Waals surface area (Å²) in [6.45, 7) is 0. The van der Waals surface area contributed by atoms with Gasteiger partial charge >= 0.3 is 5.97 Å². The van der Waals surface area contributed by atoms with Crippen LogP contribution < -0.4 is 0 Å². The van der Waals surface area contributed by atoms with E-state index < -0.39 is 5.97 Å². The number of H-pyrrole nitrogens is 1. The van der Waals surface area contributed by atoms with Crippen LogP contribution in [0.1, 0.15) is 10.5 Å². The van der Waals surface area contributed by atoms with E-state index in [1.54, 1.807) is 0 Å². The molecule has 0 aromatic carbocycles. The van der Waals surface area contributed by atoms with Gasteiger partial charge in [0.05, 0.1) is 11.8 Å². The number of aromatic amines is 1. The number of carboxylic acids is 1. The minimum atomic E-state index is -0.957. The van der Waals surface area contributed by atoms with E-state index in [-0.39, 0.29) is 5.69 Å². The van der Waals surface area contributed by atoms with Crippen LogP contribution in [0.15, 0.2) is 23.0 Å². The van der Waals surface area contributed by atoms with E-state index in [1.165, 1.54) is 18.6 Å². The van der Waals surface area contributed by atoms with Crippen LogP contribution in [0.5, 0.6) is 0 Å². The van der Waals surface area contributed by atoms with E-state index in [4.69, 9.17) is 9.52 Å². The molecule has 4 heteroatoms. The number of hydrogen-bond acceptors (Lipinski definition) is 2. The van der Waals surface area contributed by atoms with Crippen LogP contribution in [0, 0.1) is 0 Å². The lowest BCUT2D eigenvalue weighted by Gasteiger charge is -1.82. The van der Waals surface area contributed by atoms with Crippen LogP contribution in [0.2, 0.25) is 0 Å². The molecule has 2 rings (SSSR count). The van der Waals surface area contributed by atoms with Crippen molar-refractivity contribution in [1.82, 2.24) is 4.98 Å². The molecule has 0 aliphatic carbocycles. The molecule has 0 spiro atoms. The second kappa shape index (κ2) is 1.88. The number of aromatic carboxylic acids is 1. The number of nitrogens with one attached hydrogen (secondary N) is 1. The molecule has 4 nitrogen and oxygen atoms in total. The Hall–Kier alpha value is -1.71. The molecule has 0 saturated heterocycles. The molecular weight excluding hydrogens is 146 g/mol. The fourth-order valence-electron chi connectivity index (χ4n) is 0.972. The second-order valence-electron chi connectivity index (χ2n) is 2.23. The zero-order valence-electron chi connectivity index (χ0n) is 5.50. The zero-order valence-corrected chi connectivity index (χ0v) is 5.50. The van der Waals surface area contributed by atoms with Crippen LogP contribution in [-0.2, 0) is 0 Å². The fraction of sp³-hybridized carbons (Fsp3) is 0. The molecule has 0 fully saturated rings. The molecule has 0 bridgehead atoms. The van der Waals surface area contributed by atoms with Crippen molar-refractivity contribution in [2.24, 2.45) is 0 Å². The van der Waals surface area contributed by atoms with Gasteiger partial charge in [-0.3, -0.25) is 0 Å². The molecule has 0 saturated carbocycles. The Morgan fingerprint density at radius 2 is 2.36 bits per heavy atom. The van der Waals surface area contributed by atoms with E-state index >= 15 is 0 Å². The lowest BCUT2D eigenvalue weighted by atomic mass is 10.4. The van der Waals surface area contributed by atoms with Crippen LogP contribution >= 0.6 is 0 Å². The fourth-order valence-corrected chi connectivity index (χ4v) is 0.972. The number of carbonyl (C=O) groups is 1. The predicted molar refractivity (Wildman–Crippen MR) is 37.5 cm³/mol. The molecule has 2 heterocycles. The first-order valence-corrected chi connectivity index (χ1v) is 3.05. The third-order valence-corrected chi connectivity index (χ3v) is 1.49.